The maximum absolute atomic E-state index is 11.1. The predicted octanol–water partition coefficient (Wildman–Crippen LogP) is 1.91. The molecule has 1 aliphatic heterocycles. The van der Waals surface area contributed by atoms with Gasteiger partial charge in [0.15, 0.2) is 0 Å². The molecule has 4 nitrogen and oxygen atoms in total. The lowest BCUT2D eigenvalue weighted by molar-refractivity contribution is -0.145. The molecular weight excluding hydrogens is 232 g/mol. The molecule has 0 bridgehead atoms. The Morgan fingerprint density at radius 1 is 1.11 bits per heavy atom. The number of hydrogen-bond acceptors (Lipinski definition) is 4. The Morgan fingerprint density at radius 2 is 1.89 bits per heavy atom. The normalized spacial score (nSPS) is 18.6. The lowest BCUT2D eigenvalue weighted by Gasteiger charge is -2.19. The van der Waals surface area contributed by atoms with Gasteiger partial charge in [0, 0.05) is 17.2 Å². The van der Waals surface area contributed by atoms with Crippen LogP contribution in [0.15, 0.2) is 41.7 Å². The van der Waals surface area contributed by atoms with Gasteiger partial charge in [-0.25, -0.2) is 4.79 Å². The molecule has 0 unspecified atom stereocenters. The molecule has 2 aliphatic rings. The van der Waals surface area contributed by atoms with E-state index in [2.05, 4.69) is 0 Å². The molecular formula is C14H10O4. The van der Waals surface area contributed by atoms with Crippen LogP contribution in [-0.4, -0.2) is 16.9 Å². The summed E-state index contributed by atoms with van der Waals surface area (Å²) >= 11 is 0. The number of esters is 1. The highest BCUT2D eigenvalue weighted by atomic mass is 16.5. The number of carbonyl (C=O) groups is 2. The summed E-state index contributed by atoms with van der Waals surface area (Å²) in [6.07, 6.45) is 2.44. The average molecular weight is 242 g/mol. The molecule has 0 saturated carbocycles. The third-order valence-corrected chi connectivity index (χ3v) is 3.17. The van der Waals surface area contributed by atoms with Gasteiger partial charge in [-0.1, -0.05) is 24.3 Å². The lowest BCUT2D eigenvalue weighted by Crippen LogP contribution is -2.09. The molecule has 0 radical (unpaired) electrons. The van der Waals surface area contributed by atoms with Crippen molar-refractivity contribution in [3.05, 3.63) is 52.8 Å². The Morgan fingerprint density at radius 3 is 2.61 bits per heavy atom. The van der Waals surface area contributed by atoms with Crippen molar-refractivity contribution >= 4 is 17.5 Å². The number of aryl methyl sites for hydroxylation is 1. The van der Waals surface area contributed by atoms with Crippen molar-refractivity contribution < 1.29 is 19.4 Å². The standard InChI is InChI=1S/C14H10O4/c15-11-7-12(18-14(11)17)10-6-5-8-3-1-2-4-9(8)13(10)16/h1-4,7,16H,5-6H2. The van der Waals surface area contributed by atoms with Gasteiger partial charge >= 0.3 is 5.97 Å². The quantitative estimate of drug-likeness (QED) is 0.603. The monoisotopic (exact) mass is 242 g/mol. The molecule has 1 aromatic carbocycles. The number of benzene rings is 1. The number of aliphatic hydroxyl groups is 1. The van der Waals surface area contributed by atoms with Crippen LogP contribution in [0.1, 0.15) is 17.5 Å². The zero-order chi connectivity index (χ0) is 12.7. The molecule has 0 saturated heterocycles. The van der Waals surface area contributed by atoms with Gasteiger partial charge in [-0.2, -0.15) is 0 Å². The van der Waals surface area contributed by atoms with Crippen LogP contribution in [-0.2, 0) is 20.7 Å². The molecule has 0 amide bonds. The first-order chi connectivity index (χ1) is 8.66. The minimum atomic E-state index is -0.885. The first-order valence-corrected chi connectivity index (χ1v) is 5.65. The minimum absolute atomic E-state index is 0.0885. The fourth-order valence-electron chi connectivity index (χ4n) is 2.26. The number of hydrogen-bond donors (Lipinski definition) is 1. The fraction of sp³-hybridized carbons (Fsp3) is 0.143. The Hall–Kier alpha value is -2.36. The Balaban J connectivity index is 2.07. The van der Waals surface area contributed by atoms with Gasteiger partial charge in [0.25, 0.3) is 5.78 Å². The zero-order valence-corrected chi connectivity index (χ0v) is 9.47. The van der Waals surface area contributed by atoms with Crippen LogP contribution in [0.4, 0.5) is 0 Å². The van der Waals surface area contributed by atoms with Crippen molar-refractivity contribution in [1.29, 1.82) is 0 Å². The van der Waals surface area contributed by atoms with E-state index in [0.29, 0.717) is 12.0 Å². The second-order valence-electron chi connectivity index (χ2n) is 4.25. The van der Waals surface area contributed by atoms with E-state index >= 15 is 0 Å². The number of ether oxygens (including phenoxy) is 1. The lowest BCUT2D eigenvalue weighted by atomic mass is 9.89. The molecule has 1 heterocycles. The van der Waals surface area contributed by atoms with E-state index in [-0.39, 0.29) is 11.5 Å². The van der Waals surface area contributed by atoms with E-state index in [4.69, 9.17) is 4.74 Å². The zero-order valence-electron chi connectivity index (χ0n) is 9.47. The Bertz CT molecular complexity index is 622. The van der Waals surface area contributed by atoms with Gasteiger partial charge in [0.05, 0.1) is 0 Å². The SMILES string of the molecule is O=C1C=C(C2=C(O)c3ccccc3CC2)OC1=O. The van der Waals surface area contributed by atoms with E-state index in [9.17, 15) is 14.7 Å². The van der Waals surface area contributed by atoms with E-state index in [0.717, 1.165) is 23.6 Å². The molecule has 90 valence electrons. The number of ketones is 1. The average Bonchev–Trinajstić information content (AvgIpc) is 2.70. The molecule has 0 atom stereocenters. The fourth-order valence-corrected chi connectivity index (χ4v) is 2.26. The maximum Gasteiger partial charge on any atom is 0.384 e. The van der Waals surface area contributed by atoms with E-state index in [1.165, 1.54) is 0 Å². The summed E-state index contributed by atoms with van der Waals surface area (Å²) in [5.74, 6) is -1.30. The highest BCUT2D eigenvalue weighted by Crippen LogP contribution is 2.34. The van der Waals surface area contributed by atoms with Crippen molar-refractivity contribution in [1.82, 2.24) is 0 Å². The Kier molecular flexibility index (Phi) is 2.30. The number of cyclic esters (lactones) is 1. The highest BCUT2D eigenvalue weighted by Gasteiger charge is 2.30. The first-order valence-electron chi connectivity index (χ1n) is 5.65. The summed E-state index contributed by atoms with van der Waals surface area (Å²) in [7, 11) is 0. The first kappa shape index (κ1) is 10.8. The number of allylic oxidation sites excluding steroid dienone is 1. The van der Waals surface area contributed by atoms with Gasteiger partial charge in [-0.15, -0.1) is 0 Å². The van der Waals surface area contributed by atoms with Crippen molar-refractivity contribution in [2.45, 2.75) is 12.8 Å². The summed E-state index contributed by atoms with van der Waals surface area (Å²) in [4.78, 5) is 22.2. The maximum atomic E-state index is 11.1. The molecule has 0 aromatic heterocycles. The van der Waals surface area contributed by atoms with Gasteiger partial charge in [-0.05, 0) is 18.4 Å². The van der Waals surface area contributed by atoms with Crippen LogP contribution in [0.2, 0.25) is 0 Å². The summed E-state index contributed by atoms with van der Waals surface area (Å²) < 4.78 is 4.85. The topological polar surface area (TPSA) is 63.6 Å². The molecule has 1 N–H and O–H groups in total. The number of aliphatic hydroxyl groups excluding tert-OH is 1. The van der Waals surface area contributed by atoms with Crippen molar-refractivity contribution in [3.63, 3.8) is 0 Å². The van der Waals surface area contributed by atoms with Crippen LogP contribution in [0, 0.1) is 0 Å². The van der Waals surface area contributed by atoms with E-state index < -0.39 is 11.8 Å². The summed E-state index contributed by atoms with van der Waals surface area (Å²) in [6.45, 7) is 0. The summed E-state index contributed by atoms with van der Waals surface area (Å²) in [5, 5.41) is 10.2. The highest BCUT2D eigenvalue weighted by molar-refractivity contribution is 6.40. The summed E-state index contributed by atoms with van der Waals surface area (Å²) in [5.41, 5.74) is 2.30. The number of fused-ring (bicyclic) bond motifs is 1. The van der Waals surface area contributed by atoms with Gasteiger partial charge in [0.1, 0.15) is 11.5 Å². The largest absolute Gasteiger partial charge is 0.507 e. The molecule has 3 rings (SSSR count). The van der Waals surface area contributed by atoms with Crippen LogP contribution in [0.25, 0.3) is 5.76 Å². The second kappa shape index (κ2) is 3.84. The second-order valence-corrected chi connectivity index (χ2v) is 4.25. The molecule has 0 fully saturated rings. The molecule has 0 spiro atoms. The van der Waals surface area contributed by atoms with E-state index in [1.54, 1.807) is 0 Å². The number of carbonyl (C=O) groups excluding carboxylic acids is 2. The van der Waals surface area contributed by atoms with Crippen LogP contribution in [0.5, 0.6) is 0 Å². The van der Waals surface area contributed by atoms with Gasteiger partial charge in [0.2, 0.25) is 0 Å². The van der Waals surface area contributed by atoms with Crippen molar-refractivity contribution in [2.75, 3.05) is 0 Å². The number of rotatable bonds is 1. The van der Waals surface area contributed by atoms with Crippen LogP contribution >= 0.6 is 0 Å². The van der Waals surface area contributed by atoms with Gasteiger partial charge < -0.3 is 9.84 Å². The molecule has 1 aromatic rings. The van der Waals surface area contributed by atoms with Crippen LogP contribution < -0.4 is 0 Å². The molecule has 4 heteroatoms. The third kappa shape index (κ3) is 1.54. The van der Waals surface area contributed by atoms with Crippen molar-refractivity contribution in [2.24, 2.45) is 0 Å². The third-order valence-electron chi connectivity index (χ3n) is 3.17. The predicted molar refractivity (Wildman–Crippen MR) is 63.5 cm³/mol. The Labute approximate surface area is 103 Å². The van der Waals surface area contributed by atoms with Gasteiger partial charge in [-0.3, -0.25) is 4.79 Å². The minimum Gasteiger partial charge on any atom is -0.507 e. The molecule has 18 heavy (non-hydrogen) atoms. The smallest absolute Gasteiger partial charge is 0.384 e. The van der Waals surface area contributed by atoms with Crippen molar-refractivity contribution in [3.8, 4) is 0 Å². The summed E-state index contributed by atoms with van der Waals surface area (Å²) in [6, 6.07) is 7.50. The van der Waals surface area contributed by atoms with E-state index in [1.807, 2.05) is 24.3 Å². The van der Waals surface area contributed by atoms with Crippen LogP contribution in [0.3, 0.4) is 0 Å². The molecule has 1 aliphatic carbocycles.